The van der Waals surface area contributed by atoms with Crippen LogP contribution in [0.15, 0.2) is 12.1 Å². The molecule has 1 aromatic rings. The molecule has 0 aromatic heterocycles. The molecule has 94 valence electrons. The Bertz CT molecular complexity index is 405. The van der Waals surface area contributed by atoms with E-state index in [1.807, 2.05) is 6.92 Å². The van der Waals surface area contributed by atoms with Crippen molar-refractivity contribution in [3.63, 3.8) is 0 Å². The Morgan fingerprint density at radius 1 is 1.29 bits per heavy atom. The SMILES string of the molecule is COCCCOC(=O)c1cc(C)cc(N)c1N. The first kappa shape index (κ1) is 13.3. The predicted molar refractivity (Wildman–Crippen MR) is 66.8 cm³/mol. The number of hydrogen-bond acceptors (Lipinski definition) is 5. The minimum atomic E-state index is -0.450. The second-order valence-corrected chi connectivity index (χ2v) is 3.80. The van der Waals surface area contributed by atoms with Gasteiger partial charge in [-0.2, -0.15) is 0 Å². The average molecular weight is 238 g/mol. The number of carbonyl (C=O) groups excluding carboxylic acids is 1. The summed E-state index contributed by atoms with van der Waals surface area (Å²) in [7, 11) is 1.60. The van der Waals surface area contributed by atoms with E-state index in [0.29, 0.717) is 30.9 Å². The van der Waals surface area contributed by atoms with E-state index >= 15 is 0 Å². The van der Waals surface area contributed by atoms with Crippen molar-refractivity contribution in [2.45, 2.75) is 13.3 Å². The number of benzene rings is 1. The molecule has 0 saturated heterocycles. The number of ether oxygens (including phenoxy) is 2. The van der Waals surface area contributed by atoms with Crippen molar-refractivity contribution in [2.75, 3.05) is 31.8 Å². The van der Waals surface area contributed by atoms with E-state index in [-0.39, 0.29) is 5.69 Å². The van der Waals surface area contributed by atoms with Crippen molar-refractivity contribution in [3.05, 3.63) is 23.3 Å². The maximum absolute atomic E-state index is 11.7. The van der Waals surface area contributed by atoms with E-state index < -0.39 is 5.97 Å². The van der Waals surface area contributed by atoms with Crippen molar-refractivity contribution >= 4 is 17.3 Å². The molecule has 0 amide bonds. The number of aryl methyl sites for hydroxylation is 1. The van der Waals surface area contributed by atoms with E-state index in [9.17, 15) is 4.79 Å². The maximum Gasteiger partial charge on any atom is 0.340 e. The summed E-state index contributed by atoms with van der Waals surface area (Å²) in [5.41, 5.74) is 13.3. The smallest absolute Gasteiger partial charge is 0.340 e. The highest BCUT2D eigenvalue weighted by atomic mass is 16.5. The third-order valence-corrected chi connectivity index (χ3v) is 2.30. The van der Waals surface area contributed by atoms with Gasteiger partial charge in [0.1, 0.15) is 0 Å². The van der Waals surface area contributed by atoms with Gasteiger partial charge >= 0.3 is 5.97 Å². The van der Waals surface area contributed by atoms with Gasteiger partial charge in [-0.05, 0) is 24.6 Å². The van der Waals surface area contributed by atoms with E-state index in [1.165, 1.54) is 0 Å². The summed E-state index contributed by atoms with van der Waals surface area (Å²) >= 11 is 0. The van der Waals surface area contributed by atoms with Crippen LogP contribution < -0.4 is 11.5 Å². The van der Waals surface area contributed by atoms with Crippen LogP contribution in [0.2, 0.25) is 0 Å². The number of nitrogens with two attached hydrogens (primary N) is 2. The molecule has 1 rings (SSSR count). The summed E-state index contributed by atoms with van der Waals surface area (Å²) in [6.07, 6.45) is 0.656. The number of anilines is 2. The lowest BCUT2D eigenvalue weighted by Gasteiger charge is -2.09. The van der Waals surface area contributed by atoms with Crippen molar-refractivity contribution in [1.82, 2.24) is 0 Å². The van der Waals surface area contributed by atoms with Gasteiger partial charge in [-0.3, -0.25) is 0 Å². The highest BCUT2D eigenvalue weighted by Crippen LogP contribution is 2.22. The minimum absolute atomic E-state index is 0.271. The average Bonchev–Trinajstić information content (AvgIpc) is 2.29. The van der Waals surface area contributed by atoms with Crippen LogP contribution in [-0.2, 0) is 9.47 Å². The monoisotopic (exact) mass is 238 g/mol. The maximum atomic E-state index is 11.7. The largest absolute Gasteiger partial charge is 0.462 e. The number of methoxy groups -OCH3 is 1. The molecule has 0 saturated carbocycles. The van der Waals surface area contributed by atoms with Crippen LogP contribution in [-0.4, -0.2) is 26.3 Å². The third kappa shape index (κ3) is 3.64. The van der Waals surface area contributed by atoms with Gasteiger partial charge in [-0.1, -0.05) is 0 Å². The van der Waals surface area contributed by atoms with Crippen LogP contribution in [0.3, 0.4) is 0 Å². The molecule has 0 aliphatic heterocycles. The molecule has 0 fully saturated rings. The Morgan fingerprint density at radius 2 is 2.00 bits per heavy atom. The number of rotatable bonds is 5. The second-order valence-electron chi connectivity index (χ2n) is 3.80. The van der Waals surface area contributed by atoms with Gasteiger partial charge in [-0.15, -0.1) is 0 Å². The first-order valence-electron chi connectivity index (χ1n) is 5.38. The summed E-state index contributed by atoms with van der Waals surface area (Å²) < 4.78 is 9.92. The van der Waals surface area contributed by atoms with Gasteiger partial charge < -0.3 is 20.9 Å². The number of esters is 1. The van der Waals surface area contributed by atoms with E-state index in [1.54, 1.807) is 19.2 Å². The van der Waals surface area contributed by atoms with Crippen molar-refractivity contribution < 1.29 is 14.3 Å². The molecule has 0 unspecified atom stereocenters. The van der Waals surface area contributed by atoms with Crippen LogP contribution in [0, 0.1) is 6.92 Å². The van der Waals surface area contributed by atoms with Crippen molar-refractivity contribution in [3.8, 4) is 0 Å². The fourth-order valence-electron chi connectivity index (χ4n) is 1.44. The zero-order valence-electron chi connectivity index (χ0n) is 10.2. The van der Waals surface area contributed by atoms with Crippen molar-refractivity contribution in [2.24, 2.45) is 0 Å². The van der Waals surface area contributed by atoms with Gasteiger partial charge in [0.25, 0.3) is 0 Å². The van der Waals surface area contributed by atoms with E-state index in [0.717, 1.165) is 5.56 Å². The molecule has 1 aromatic carbocycles. The molecule has 17 heavy (non-hydrogen) atoms. The Morgan fingerprint density at radius 3 is 2.65 bits per heavy atom. The summed E-state index contributed by atoms with van der Waals surface area (Å²) in [4.78, 5) is 11.7. The lowest BCUT2D eigenvalue weighted by molar-refractivity contribution is 0.0469. The molecule has 0 bridgehead atoms. The lowest BCUT2D eigenvalue weighted by Crippen LogP contribution is -2.12. The number of nitrogen functional groups attached to an aromatic ring is 2. The van der Waals surface area contributed by atoms with Crippen LogP contribution >= 0.6 is 0 Å². The predicted octanol–water partition coefficient (Wildman–Crippen LogP) is 1.35. The van der Waals surface area contributed by atoms with E-state index in [2.05, 4.69) is 0 Å². The molecule has 0 aliphatic carbocycles. The molecule has 0 aliphatic rings. The van der Waals surface area contributed by atoms with E-state index in [4.69, 9.17) is 20.9 Å². The molecule has 4 N–H and O–H groups in total. The molecule has 0 spiro atoms. The quantitative estimate of drug-likeness (QED) is 0.459. The molecule has 5 heteroatoms. The van der Waals surface area contributed by atoms with Crippen LogP contribution in [0.1, 0.15) is 22.3 Å². The molecule has 0 radical (unpaired) electrons. The molecular weight excluding hydrogens is 220 g/mol. The van der Waals surface area contributed by atoms with Crippen LogP contribution in [0.5, 0.6) is 0 Å². The summed E-state index contributed by atoms with van der Waals surface area (Å²) in [5.74, 6) is -0.450. The third-order valence-electron chi connectivity index (χ3n) is 2.30. The highest BCUT2D eigenvalue weighted by Gasteiger charge is 2.13. The first-order valence-corrected chi connectivity index (χ1v) is 5.38. The van der Waals surface area contributed by atoms with Gasteiger partial charge in [0.15, 0.2) is 0 Å². The topological polar surface area (TPSA) is 87.6 Å². The second kappa shape index (κ2) is 6.10. The van der Waals surface area contributed by atoms with Crippen molar-refractivity contribution in [1.29, 1.82) is 0 Å². The van der Waals surface area contributed by atoms with Gasteiger partial charge in [0.2, 0.25) is 0 Å². The number of carbonyl (C=O) groups is 1. The standard InChI is InChI=1S/C12H18N2O3/c1-8-6-9(11(14)10(13)7-8)12(15)17-5-3-4-16-2/h6-7H,3-5,13-14H2,1-2H3. The molecular formula is C12H18N2O3. The van der Waals surface area contributed by atoms with Gasteiger partial charge in [-0.25, -0.2) is 4.79 Å². The first-order chi connectivity index (χ1) is 8.06. The molecule has 0 atom stereocenters. The Balaban J connectivity index is 2.69. The zero-order chi connectivity index (χ0) is 12.8. The lowest BCUT2D eigenvalue weighted by atomic mass is 10.1. The summed E-state index contributed by atoms with van der Waals surface area (Å²) in [6, 6.07) is 3.39. The summed E-state index contributed by atoms with van der Waals surface area (Å²) in [5, 5.41) is 0. The van der Waals surface area contributed by atoms with Gasteiger partial charge in [0.05, 0.1) is 23.5 Å². The number of hydrogen-bond donors (Lipinski definition) is 2. The zero-order valence-corrected chi connectivity index (χ0v) is 10.2. The van der Waals surface area contributed by atoms with Gasteiger partial charge in [0, 0.05) is 20.1 Å². The Hall–Kier alpha value is -1.75. The minimum Gasteiger partial charge on any atom is -0.462 e. The van der Waals surface area contributed by atoms with Crippen LogP contribution in [0.4, 0.5) is 11.4 Å². The molecule has 0 heterocycles. The molecule has 5 nitrogen and oxygen atoms in total. The summed E-state index contributed by atoms with van der Waals surface area (Å²) in [6.45, 7) is 2.70. The fraction of sp³-hybridized carbons (Fsp3) is 0.417. The Labute approximate surface area is 101 Å². The van der Waals surface area contributed by atoms with Crippen LogP contribution in [0.25, 0.3) is 0 Å². The fourth-order valence-corrected chi connectivity index (χ4v) is 1.44. The Kier molecular flexibility index (Phi) is 4.78. The normalized spacial score (nSPS) is 10.2. The highest BCUT2D eigenvalue weighted by molar-refractivity contribution is 5.98.